The number of aliphatic hydroxyl groups excluding tert-OH is 1. The Labute approximate surface area is 296 Å². The summed E-state index contributed by atoms with van der Waals surface area (Å²) in [6.07, 6.45) is 13.5. The number of allylic oxidation sites excluding steroid dienone is 2. The van der Waals surface area contributed by atoms with E-state index < -0.39 is 44.6 Å². The van der Waals surface area contributed by atoms with Crippen molar-refractivity contribution in [3.63, 3.8) is 0 Å². The molecule has 0 heterocycles. The maximum Gasteiger partial charge on any atom is 0.211 e. The molecule has 2 aromatic carbocycles. The van der Waals surface area contributed by atoms with Crippen molar-refractivity contribution in [1.82, 2.24) is 4.31 Å². The van der Waals surface area contributed by atoms with E-state index in [0.29, 0.717) is 80.4 Å². The van der Waals surface area contributed by atoms with Crippen LogP contribution < -0.4 is 0 Å². The third kappa shape index (κ3) is 6.77. The molecule has 4 atom stereocenters. The summed E-state index contributed by atoms with van der Waals surface area (Å²) in [5.74, 6) is -0.888. The predicted octanol–water partition coefficient (Wildman–Crippen LogP) is 7.71. The van der Waals surface area contributed by atoms with Crippen molar-refractivity contribution in [2.45, 2.75) is 115 Å². The smallest absolute Gasteiger partial charge is 0.211 e. The largest absolute Gasteiger partial charge is 0.393 e. The first-order valence-electron chi connectivity index (χ1n) is 18.7. The molecule has 6 nitrogen and oxygen atoms in total. The molecule has 7 aliphatic carbocycles. The van der Waals surface area contributed by atoms with Gasteiger partial charge in [0.2, 0.25) is 10.0 Å². The van der Waals surface area contributed by atoms with Crippen molar-refractivity contribution in [2.24, 2.45) is 28.6 Å². The number of aliphatic hydroxyl groups is 2. The van der Waals surface area contributed by atoms with Crippen LogP contribution in [0.3, 0.4) is 0 Å². The van der Waals surface area contributed by atoms with Gasteiger partial charge in [-0.25, -0.2) is 17.2 Å². The summed E-state index contributed by atoms with van der Waals surface area (Å²) in [4.78, 5) is 14.2. The minimum absolute atomic E-state index is 0.00000879. The van der Waals surface area contributed by atoms with E-state index in [0.717, 1.165) is 42.5 Å². The highest BCUT2D eigenvalue weighted by atomic mass is 32.2. The molecular formula is C41H53F2NO5S. The topological polar surface area (TPSA) is 94.9 Å². The SMILES string of the molecule is CC1=CCC[C@@]2(C)[C@@H](CC[C@@]2(O)CN(CC23CC4CC(CC(C4)C2)C3)S(C)(=O)=O)c2ccc(cc2C(=O)c2ccc(F)c(F)c2)C[C@@H](O)CC1. The summed E-state index contributed by atoms with van der Waals surface area (Å²) < 4.78 is 57.2. The van der Waals surface area contributed by atoms with Crippen molar-refractivity contribution in [2.75, 3.05) is 19.3 Å². The minimum atomic E-state index is -3.66. The van der Waals surface area contributed by atoms with Crippen LogP contribution in [-0.2, 0) is 16.4 Å². The van der Waals surface area contributed by atoms with Crippen LogP contribution in [0.25, 0.3) is 0 Å². The Hall–Kier alpha value is -2.46. The van der Waals surface area contributed by atoms with Crippen molar-refractivity contribution >= 4 is 15.8 Å². The molecule has 0 amide bonds. The molecule has 5 fully saturated rings. The molecule has 0 aliphatic heterocycles. The van der Waals surface area contributed by atoms with Gasteiger partial charge in [0.1, 0.15) is 0 Å². The first-order chi connectivity index (χ1) is 23.6. The fourth-order valence-electron chi connectivity index (χ4n) is 11.4. The van der Waals surface area contributed by atoms with E-state index >= 15 is 0 Å². The van der Waals surface area contributed by atoms with Gasteiger partial charge in [0.25, 0.3) is 0 Å². The second-order valence-corrected chi connectivity index (χ2v) is 19.3. The molecule has 6 bridgehead atoms. The van der Waals surface area contributed by atoms with Gasteiger partial charge >= 0.3 is 0 Å². The number of ketones is 1. The maximum absolute atomic E-state index is 14.4. The van der Waals surface area contributed by atoms with E-state index in [-0.39, 0.29) is 23.4 Å². The Morgan fingerprint density at radius 3 is 2.26 bits per heavy atom. The standard InChI is InChI=1S/C41H53F2NO5S/c1-26-5-4-13-39(2)35(33-10-7-27(18-32(45)9-6-26)19-34(33)38(46)31-8-11-36(42)37(43)20-31)12-14-41(39,47)25-44(50(3,48)49)24-40-21-28-15-29(22-40)17-30(16-28)23-40/h5,7-8,10-11,19-20,28-30,32,35,45,47H,4,6,9,12-18,21-25H2,1-3H3/t28?,29?,30?,32-,35-,39-,40?,41+/m0/s1. The monoisotopic (exact) mass is 709 g/mol. The normalized spacial score (nSPS) is 35.6. The quantitative estimate of drug-likeness (QED) is 0.227. The summed E-state index contributed by atoms with van der Waals surface area (Å²) in [7, 11) is -3.66. The predicted molar refractivity (Wildman–Crippen MR) is 190 cm³/mol. The third-order valence-corrected chi connectivity index (χ3v) is 14.9. The molecule has 272 valence electrons. The van der Waals surface area contributed by atoms with Gasteiger partial charge < -0.3 is 10.2 Å². The number of halogens is 2. The lowest BCUT2D eigenvalue weighted by Crippen LogP contribution is -2.57. The molecule has 5 saturated carbocycles. The lowest BCUT2D eigenvalue weighted by Gasteiger charge is -2.58. The third-order valence-electron chi connectivity index (χ3n) is 13.7. The second kappa shape index (κ2) is 13.2. The van der Waals surface area contributed by atoms with Gasteiger partial charge in [-0.15, -0.1) is 0 Å². The summed E-state index contributed by atoms with van der Waals surface area (Å²) in [5, 5.41) is 23.8. The molecule has 9 rings (SSSR count). The molecule has 0 spiro atoms. The van der Waals surface area contributed by atoms with Crippen LogP contribution in [0, 0.1) is 40.2 Å². The molecule has 2 N–H and O–H groups in total. The number of carbonyl (C=O) groups excluding carboxylic acids is 1. The number of rotatable bonds is 7. The van der Waals surface area contributed by atoms with Crippen LogP contribution in [0.15, 0.2) is 48.0 Å². The van der Waals surface area contributed by atoms with Gasteiger partial charge in [-0.3, -0.25) is 4.79 Å². The minimum Gasteiger partial charge on any atom is -0.393 e. The number of carbonyl (C=O) groups is 1. The van der Waals surface area contributed by atoms with Crippen molar-refractivity contribution in [1.29, 1.82) is 0 Å². The molecule has 0 saturated heterocycles. The van der Waals surface area contributed by atoms with E-state index in [9.17, 15) is 32.2 Å². The lowest BCUT2D eigenvalue weighted by molar-refractivity contribution is -0.0919. The van der Waals surface area contributed by atoms with Crippen LogP contribution >= 0.6 is 0 Å². The fourth-order valence-corrected chi connectivity index (χ4v) is 12.4. The summed E-state index contributed by atoms with van der Waals surface area (Å²) in [6.45, 7) is 4.55. The maximum atomic E-state index is 14.4. The highest BCUT2D eigenvalue weighted by Crippen LogP contribution is 2.62. The molecule has 9 heteroatoms. The van der Waals surface area contributed by atoms with E-state index in [1.165, 1.54) is 31.6 Å². The number of benzene rings is 2. The Morgan fingerprint density at radius 2 is 1.62 bits per heavy atom. The fraction of sp³-hybridized carbons (Fsp3) is 0.634. The van der Waals surface area contributed by atoms with Crippen LogP contribution in [0.1, 0.15) is 124 Å². The number of fused-ring (bicyclic) bond motifs is 8. The summed E-state index contributed by atoms with van der Waals surface area (Å²) in [5.41, 5.74) is 0.767. The molecule has 0 aromatic heterocycles. The zero-order valence-corrected chi connectivity index (χ0v) is 30.6. The Bertz CT molecular complexity index is 1760. The Morgan fingerprint density at radius 1 is 0.940 bits per heavy atom. The number of hydrogen-bond acceptors (Lipinski definition) is 5. The van der Waals surface area contributed by atoms with Gasteiger partial charge in [-0.2, -0.15) is 4.31 Å². The highest BCUT2D eigenvalue weighted by Gasteiger charge is 2.59. The molecule has 0 unspecified atom stereocenters. The molecule has 0 radical (unpaired) electrons. The zero-order chi connectivity index (χ0) is 35.6. The van der Waals surface area contributed by atoms with Gasteiger partial charge in [0, 0.05) is 29.6 Å². The average molecular weight is 710 g/mol. The molecule has 50 heavy (non-hydrogen) atoms. The number of sulfonamides is 1. The van der Waals surface area contributed by atoms with Gasteiger partial charge in [0.15, 0.2) is 17.4 Å². The van der Waals surface area contributed by atoms with Gasteiger partial charge in [-0.05, 0) is 155 Å². The van der Waals surface area contributed by atoms with E-state index in [1.807, 2.05) is 19.1 Å². The van der Waals surface area contributed by atoms with Crippen LogP contribution in [-0.4, -0.2) is 59.8 Å². The van der Waals surface area contributed by atoms with Crippen LogP contribution in [0.2, 0.25) is 0 Å². The van der Waals surface area contributed by atoms with E-state index in [4.69, 9.17) is 0 Å². The van der Waals surface area contributed by atoms with E-state index in [1.54, 1.807) is 10.4 Å². The molecule has 2 aromatic rings. The summed E-state index contributed by atoms with van der Waals surface area (Å²) >= 11 is 0. The van der Waals surface area contributed by atoms with Gasteiger partial charge in [0.05, 0.1) is 18.0 Å². The number of nitrogens with zero attached hydrogens (tertiary/aromatic N) is 1. The number of hydrogen-bond donors (Lipinski definition) is 2. The second-order valence-electron chi connectivity index (χ2n) is 17.4. The Balaban J connectivity index is 1.28. The van der Waals surface area contributed by atoms with Crippen molar-refractivity contribution in [3.05, 3.63) is 81.9 Å². The van der Waals surface area contributed by atoms with E-state index in [2.05, 4.69) is 13.0 Å². The molecular weight excluding hydrogens is 657 g/mol. The highest BCUT2D eigenvalue weighted by molar-refractivity contribution is 7.88. The first-order valence-corrected chi connectivity index (χ1v) is 20.6. The van der Waals surface area contributed by atoms with Crippen LogP contribution in [0.5, 0.6) is 0 Å². The van der Waals surface area contributed by atoms with Crippen LogP contribution in [0.4, 0.5) is 8.78 Å². The van der Waals surface area contributed by atoms with Gasteiger partial charge in [-0.1, -0.05) is 30.7 Å². The summed E-state index contributed by atoms with van der Waals surface area (Å²) in [6, 6.07) is 8.76. The van der Waals surface area contributed by atoms with Crippen molar-refractivity contribution in [3.8, 4) is 0 Å². The molecule has 7 aliphatic rings. The average Bonchev–Trinajstić information content (AvgIpc) is 3.28. The Kier molecular flexibility index (Phi) is 9.48. The zero-order valence-electron chi connectivity index (χ0n) is 29.8. The van der Waals surface area contributed by atoms with Crippen molar-refractivity contribution < 1.29 is 32.2 Å². The first kappa shape index (κ1) is 35.9. The lowest BCUT2D eigenvalue weighted by atomic mass is 9.49.